The molecule has 2 N–H and O–H groups in total. The van der Waals surface area contributed by atoms with Crippen LogP contribution in [-0.2, 0) is 9.59 Å². The standard InChI is InChI=1S/C35H30Cl2N4O6/c36-28-18-14-24(15-19-28)34(44)46-30-10-6-4-8-26(30)22-38-40-32(42)12-2-1-3-13-33(43)41-39-23-27-9-5-7-11-31(27)47-35(45)25-16-20-29(37)21-17-25/h4-11,14-23H,1-3,12-13H2,(H,40,42)(H,41,43)/b38-22+,39-23+. The van der Waals surface area contributed by atoms with Crippen molar-refractivity contribution in [3.8, 4) is 11.5 Å². The Kier molecular flexibility index (Phi) is 13.2. The molecule has 0 unspecified atom stereocenters. The van der Waals surface area contributed by atoms with Gasteiger partial charge < -0.3 is 9.47 Å². The van der Waals surface area contributed by atoms with E-state index in [4.69, 9.17) is 32.7 Å². The maximum atomic E-state index is 12.4. The highest BCUT2D eigenvalue weighted by Gasteiger charge is 2.12. The number of nitrogens with zero attached hydrogens (tertiary/aromatic N) is 2. The van der Waals surface area contributed by atoms with E-state index in [1.165, 1.54) is 12.4 Å². The van der Waals surface area contributed by atoms with Crippen molar-refractivity contribution in [1.29, 1.82) is 0 Å². The molecule has 0 aliphatic carbocycles. The molecule has 2 amide bonds. The predicted octanol–water partition coefficient (Wildman–Crippen LogP) is 6.98. The zero-order valence-electron chi connectivity index (χ0n) is 25.0. The number of para-hydroxylation sites is 2. The molecule has 0 aliphatic heterocycles. The van der Waals surface area contributed by atoms with Crippen molar-refractivity contribution in [2.24, 2.45) is 10.2 Å². The second-order valence-corrected chi connectivity index (χ2v) is 10.9. The Balaban J connectivity index is 1.13. The fraction of sp³-hybridized carbons (Fsp3) is 0.143. The van der Waals surface area contributed by atoms with Gasteiger partial charge in [0.05, 0.1) is 23.6 Å². The third-order valence-corrected chi connectivity index (χ3v) is 7.00. The second kappa shape index (κ2) is 18.0. The SMILES string of the molecule is O=C(CCCCCC(=O)N/N=C/c1ccccc1OC(=O)c1ccc(Cl)cc1)N/N=C/c1ccccc1OC(=O)c1ccc(Cl)cc1. The highest BCUT2D eigenvalue weighted by atomic mass is 35.5. The summed E-state index contributed by atoms with van der Waals surface area (Å²) in [5.74, 6) is -1.11. The first-order chi connectivity index (χ1) is 22.8. The zero-order chi connectivity index (χ0) is 33.4. The number of hydrazone groups is 2. The van der Waals surface area contributed by atoms with Gasteiger partial charge >= 0.3 is 11.9 Å². The van der Waals surface area contributed by atoms with Crippen LogP contribution in [0.2, 0.25) is 10.0 Å². The van der Waals surface area contributed by atoms with Crippen LogP contribution < -0.4 is 20.3 Å². The molecule has 4 aromatic rings. The number of nitrogens with one attached hydrogen (secondary N) is 2. The molecule has 0 fully saturated rings. The lowest BCUT2D eigenvalue weighted by atomic mass is 10.1. The molecule has 0 bridgehead atoms. The summed E-state index contributed by atoms with van der Waals surface area (Å²) in [4.78, 5) is 49.3. The molecular weight excluding hydrogens is 643 g/mol. The second-order valence-electron chi connectivity index (χ2n) is 10.0. The number of benzene rings is 4. The van der Waals surface area contributed by atoms with E-state index >= 15 is 0 Å². The Morgan fingerprint density at radius 3 is 1.34 bits per heavy atom. The monoisotopic (exact) mass is 672 g/mol. The van der Waals surface area contributed by atoms with Crippen molar-refractivity contribution in [3.63, 3.8) is 0 Å². The van der Waals surface area contributed by atoms with Crippen molar-refractivity contribution in [1.82, 2.24) is 10.9 Å². The number of unbranched alkanes of at least 4 members (excludes halogenated alkanes) is 2. The van der Waals surface area contributed by atoms with Gasteiger partial charge in [0.1, 0.15) is 11.5 Å². The van der Waals surface area contributed by atoms with Gasteiger partial charge in [0.15, 0.2) is 0 Å². The number of amides is 2. The van der Waals surface area contributed by atoms with Crippen molar-refractivity contribution >= 4 is 59.4 Å². The summed E-state index contributed by atoms with van der Waals surface area (Å²) in [5, 5.41) is 8.96. The molecule has 0 aliphatic rings. The molecule has 4 aromatic carbocycles. The maximum Gasteiger partial charge on any atom is 0.343 e. The molecule has 0 saturated carbocycles. The van der Waals surface area contributed by atoms with Gasteiger partial charge in [0.2, 0.25) is 11.8 Å². The van der Waals surface area contributed by atoms with Crippen molar-refractivity contribution in [3.05, 3.63) is 129 Å². The lowest BCUT2D eigenvalue weighted by Gasteiger charge is -2.07. The highest BCUT2D eigenvalue weighted by Crippen LogP contribution is 2.20. The topological polar surface area (TPSA) is 136 Å². The summed E-state index contributed by atoms with van der Waals surface area (Å²) in [6.45, 7) is 0. The van der Waals surface area contributed by atoms with Gasteiger partial charge in [-0.2, -0.15) is 10.2 Å². The van der Waals surface area contributed by atoms with Gasteiger partial charge in [-0.3, -0.25) is 9.59 Å². The number of ether oxygens (including phenoxy) is 2. The van der Waals surface area contributed by atoms with E-state index in [9.17, 15) is 19.2 Å². The number of carbonyl (C=O) groups is 4. The highest BCUT2D eigenvalue weighted by molar-refractivity contribution is 6.31. The van der Waals surface area contributed by atoms with Crippen LogP contribution in [0.4, 0.5) is 0 Å². The smallest absolute Gasteiger partial charge is 0.343 e. The summed E-state index contributed by atoms with van der Waals surface area (Å²) >= 11 is 11.7. The number of esters is 2. The van der Waals surface area contributed by atoms with Crippen LogP contribution >= 0.6 is 23.2 Å². The van der Waals surface area contributed by atoms with Crippen LogP contribution in [0.3, 0.4) is 0 Å². The number of halogens is 2. The Morgan fingerprint density at radius 1 is 0.553 bits per heavy atom. The first-order valence-electron chi connectivity index (χ1n) is 14.6. The van der Waals surface area contributed by atoms with E-state index < -0.39 is 11.9 Å². The Labute approximate surface area is 281 Å². The molecular formula is C35H30Cl2N4O6. The molecule has 0 saturated heterocycles. The molecule has 0 radical (unpaired) electrons. The van der Waals surface area contributed by atoms with E-state index in [-0.39, 0.29) is 36.2 Å². The number of hydrogen-bond donors (Lipinski definition) is 2. The lowest BCUT2D eigenvalue weighted by Crippen LogP contribution is -2.18. The molecule has 0 atom stereocenters. The molecule has 0 aromatic heterocycles. The van der Waals surface area contributed by atoms with Gasteiger partial charge in [-0.15, -0.1) is 0 Å². The van der Waals surface area contributed by atoms with Crippen LogP contribution in [0.5, 0.6) is 11.5 Å². The Hall–Kier alpha value is -5.32. The molecule has 0 spiro atoms. The Morgan fingerprint density at radius 2 is 0.936 bits per heavy atom. The maximum absolute atomic E-state index is 12.4. The minimum atomic E-state index is -0.550. The van der Waals surface area contributed by atoms with Crippen LogP contribution in [0.15, 0.2) is 107 Å². The largest absolute Gasteiger partial charge is 0.422 e. The fourth-order valence-corrected chi connectivity index (χ4v) is 4.31. The lowest BCUT2D eigenvalue weighted by molar-refractivity contribution is -0.121. The summed E-state index contributed by atoms with van der Waals surface area (Å²) < 4.78 is 11.0. The summed E-state index contributed by atoms with van der Waals surface area (Å²) in [7, 11) is 0. The number of rotatable bonds is 14. The first-order valence-corrected chi connectivity index (χ1v) is 15.3. The van der Waals surface area contributed by atoms with Crippen molar-refractivity contribution in [2.75, 3.05) is 0 Å². The van der Waals surface area contributed by atoms with Crippen LogP contribution in [0.25, 0.3) is 0 Å². The van der Waals surface area contributed by atoms with Gasteiger partial charge in [0, 0.05) is 34.0 Å². The van der Waals surface area contributed by atoms with Crippen LogP contribution in [-0.4, -0.2) is 36.2 Å². The third-order valence-electron chi connectivity index (χ3n) is 6.50. The molecule has 4 rings (SSSR count). The minimum absolute atomic E-state index is 0.218. The van der Waals surface area contributed by atoms with Crippen molar-refractivity contribution < 1.29 is 28.7 Å². The predicted molar refractivity (Wildman–Crippen MR) is 180 cm³/mol. The molecule has 0 heterocycles. The van der Waals surface area contributed by atoms with E-state index in [1.54, 1.807) is 97.1 Å². The zero-order valence-corrected chi connectivity index (χ0v) is 26.5. The average Bonchev–Trinajstić information content (AvgIpc) is 3.06. The van der Waals surface area contributed by atoms with E-state index in [2.05, 4.69) is 21.1 Å². The van der Waals surface area contributed by atoms with E-state index in [1.807, 2.05) is 0 Å². The van der Waals surface area contributed by atoms with Crippen LogP contribution in [0, 0.1) is 0 Å². The quantitative estimate of drug-likeness (QED) is 0.0488. The van der Waals surface area contributed by atoms with Crippen LogP contribution in [0.1, 0.15) is 63.9 Å². The Bertz CT molecular complexity index is 1630. The number of carbonyl (C=O) groups excluding carboxylic acids is 4. The third kappa shape index (κ3) is 11.5. The minimum Gasteiger partial charge on any atom is -0.422 e. The summed E-state index contributed by atoms with van der Waals surface area (Å²) in [5.41, 5.74) is 6.62. The van der Waals surface area contributed by atoms with Gasteiger partial charge in [-0.1, -0.05) is 53.9 Å². The molecule has 10 nitrogen and oxygen atoms in total. The summed E-state index contributed by atoms with van der Waals surface area (Å²) in [6, 6.07) is 26.2. The fourth-order valence-electron chi connectivity index (χ4n) is 4.06. The summed E-state index contributed by atoms with van der Waals surface area (Å²) in [6.07, 6.45) is 4.98. The van der Waals surface area contributed by atoms with Gasteiger partial charge in [-0.05, 0) is 85.6 Å². The molecule has 12 heteroatoms. The van der Waals surface area contributed by atoms with Gasteiger partial charge in [-0.25, -0.2) is 20.4 Å². The van der Waals surface area contributed by atoms with Gasteiger partial charge in [0.25, 0.3) is 0 Å². The van der Waals surface area contributed by atoms with E-state index in [0.717, 1.165) is 0 Å². The van der Waals surface area contributed by atoms with Crippen molar-refractivity contribution in [2.45, 2.75) is 32.1 Å². The van der Waals surface area contributed by atoms with E-state index in [0.29, 0.717) is 51.6 Å². The average molecular weight is 674 g/mol. The number of hydrogen-bond acceptors (Lipinski definition) is 8. The normalized spacial score (nSPS) is 10.9. The molecule has 47 heavy (non-hydrogen) atoms. The first kappa shape index (κ1) is 34.6. The molecule has 240 valence electrons.